The lowest BCUT2D eigenvalue weighted by Crippen LogP contribution is -2.58. The SMILES string of the molecule is NC1CC2CCCC(C1)N2CC1COCCO1. The predicted octanol–water partition coefficient (Wildman–Crippen LogP) is 0.746. The van der Waals surface area contributed by atoms with E-state index in [9.17, 15) is 0 Å². The molecule has 3 atom stereocenters. The van der Waals surface area contributed by atoms with E-state index in [1.165, 1.54) is 32.1 Å². The molecule has 17 heavy (non-hydrogen) atoms. The van der Waals surface area contributed by atoms with Crippen LogP contribution < -0.4 is 5.73 Å². The second kappa shape index (κ2) is 5.22. The summed E-state index contributed by atoms with van der Waals surface area (Å²) < 4.78 is 11.3. The van der Waals surface area contributed by atoms with E-state index in [1.807, 2.05) is 0 Å². The number of nitrogens with two attached hydrogens (primary N) is 1. The lowest BCUT2D eigenvalue weighted by Gasteiger charge is -2.49. The minimum absolute atomic E-state index is 0.279. The molecule has 0 radical (unpaired) electrons. The number of hydrogen-bond donors (Lipinski definition) is 1. The van der Waals surface area contributed by atoms with Gasteiger partial charge in [0.05, 0.1) is 25.9 Å². The van der Waals surface area contributed by atoms with E-state index in [1.54, 1.807) is 0 Å². The third-order valence-electron chi connectivity index (χ3n) is 4.46. The summed E-state index contributed by atoms with van der Waals surface area (Å²) in [4.78, 5) is 2.66. The maximum atomic E-state index is 6.14. The molecule has 0 aromatic carbocycles. The topological polar surface area (TPSA) is 47.7 Å². The quantitative estimate of drug-likeness (QED) is 0.773. The van der Waals surface area contributed by atoms with Crippen LogP contribution in [0.2, 0.25) is 0 Å². The molecule has 4 heteroatoms. The number of rotatable bonds is 2. The van der Waals surface area contributed by atoms with Gasteiger partial charge < -0.3 is 15.2 Å². The second-order valence-electron chi connectivity index (χ2n) is 5.73. The molecule has 0 saturated carbocycles. The highest BCUT2D eigenvalue weighted by molar-refractivity contribution is 4.94. The van der Waals surface area contributed by atoms with E-state index in [2.05, 4.69) is 4.90 Å². The number of fused-ring (bicyclic) bond motifs is 2. The van der Waals surface area contributed by atoms with Crippen LogP contribution in [-0.4, -0.2) is 55.5 Å². The lowest BCUT2D eigenvalue weighted by molar-refractivity contribution is -0.113. The molecule has 2 bridgehead atoms. The van der Waals surface area contributed by atoms with Crippen molar-refractivity contribution in [2.75, 3.05) is 26.4 Å². The van der Waals surface area contributed by atoms with E-state index in [0.29, 0.717) is 18.1 Å². The fourth-order valence-corrected chi connectivity index (χ4v) is 3.70. The molecule has 3 fully saturated rings. The Morgan fingerprint density at radius 3 is 2.53 bits per heavy atom. The molecule has 3 saturated heterocycles. The monoisotopic (exact) mass is 240 g/mol. The van der Waals surface area contributed by atoms with Gasteiger partial charge in [0.15, 0.2) is 0 Å². The van der Waals surface area contributed by atoms with Crippen LogP contribution in [0.1, 0.15) is 32.1 Å². The number of hydrogen-bond acceptors (Lipinski definition) is 4. The van der Waals surface area contributed by atoms with Gasteiger partial charge in [-0.05, 0) is 25.7 Å². The van der Waals surface area contributed by atoms with Gasteiger partial charge in [0.1, 0.15) is 0 Å². The van der Waals surface area contributed by atoms with Gasteiger partial charge in [-0.3, -0.25) is 4.90 Å². The zero-order valence-electron chi connectivity index (χ0n) is 10.5. The molecule has 3 heterocycles. The highest BCUT2D eigenvalue weighted by Crippen LogP contribution is 2.33. The van der Waals surface area contributed by atoms with Crippen LogP contribution in [0.15, 0.2) is 0 Å². The minimum Gasteiger partial charge on any atom is -0.376 e. The molecular formula is C13H24N2O2. The maximum absolute atomic E-state index is 6.14. The molecule has 0 aromatic rings. The zero-order chi connectivity index (χ0) is 11.7. The van der Waals surface area contributed by atoms with E-state index in [0.717, 1.165) is 26.4 Å². The summed E-state index contributed by atoms with van der Waals surface area (Å²) in [5.74, 6) is 0. The lowest BCUT2D eigenvalue weighted by atomic mass is 9.82. The molecule has 0 spiro atoms. The van der Waals surface area contributed by atoms with Gasteiger partial charge >= 0.3 is 0 Å². The van der Waals surface area contributed by atoms with Crippen LogP contribution in [0.3, 0.4) is 0 Å². The van der Waals surface area contributed by atoms with Crippen LogP contribution in [0.25, 0.3) is 0 Å². The van der Waals surface area contributed by atoms with Crippen LogP contribution >= 0.6 is 0 Å². The van der Waals surface area contributed by atoms with Gasteiger partial charge in [0, 0.05) is 24.7 Å². The van der Waals surface area contributed by atoms with Crippen LogP contribution in [-0.2, 0) is 9.47 Å². The molecule has 3 rings (SSSR count). The second-order valence-corrected chi connectivity index (χ2v) is 5.73. The highest BCUT2D eigenvalue weighted by atomic mass is 16.6. The smallest absolute Gasteiger partial charge is 0.0936 e. The molecular weight excluding hydrogens is 216 g/mol. The average Bonchev–Trinajstić information content (AvgIpc) is 2.32. The summed E-state index contributed by atoms with van der Waals surface area (Å²) in [5, 5.41) is 0. The summed E-state index contributed by atoms with van der Waals surface area (Å²) >= 11 is 0. The van der Waals surface area contributed by atoms with Gasteiger partial charge in [-0.25, -0.2) is 0 Å². The van der Waals surface area contributed by atoms with Crippen molar-refractivity contribution in [2.45, 2.75) is 56.3 Å². The maximum Gasteiger partial charge on any atom is 0.0936 e. The van der Waals surface area contributed by atoms with Crippen molar-refractivity contribution in [3.63, 3.8) is 0 Å². The Balaban J connectivity index is 1.61. The van der Waals surface area contributed by atoms with Gasteiger partial charge in [-0.1, -0.05) is 6.42 Å². The first-order chi connectivity index (χ1) is 8.33. The minimum atomic E-state index is 0.279. The van der Waals surface area contributed by atoms with Gasteiger partial charge in [0.25, 0.3) is 0 Å². The Hall–Kier alpha value is -0.160. The predicted molar refractivity (Wildman–Crippen MR) is 65.9 cm³/mol. The van der Waals surface area contributed by atoms with Crippen molar-refractivity contribution in [3.05, 3.63) is 0 Å². The standard InChI is InChI=1S/C13H24N2O2/c14-10-6-11-2-1-3-12(7-10)15(11)8-13-9-16-4-5-17-13/h10-13H,1-9,14H2. The molecule has 3 aliphatic rings. The van der Waals surface area contributed by atoms with E-state index in [-0.39, 0.29) is 6.10 Å². The summed E-state index contributed by atoms with van der Waals surface area (Å²) in [6.07, 6.45) is 6.63. The Bertz CT molecular complexity index is 242. The fraction of sp³-hybridized carbons (Fsp3) is 1.00. The van der Waals surface area contributed by atoms with Crippen molar-refractivity contribution in [1.82, 2.24) is 4.90 Å². The number of piperidine rings is 2. The van der Waals surface area contributed by atoms with Gasteiger partial charge in [-0.15, -0.1) is 0 Å². The number of ether oxygens (including phenoxy) is 2. The molecule has 0 aromatic heterocycles. The summed E-state index contributed by atoms with van der Waals surface area (Å²) in [6.45, 7) is 3.33. The van der Waals surface area contributed by atoms with Crippen molar-refractivity contribution in [3.8, 4) is 0 Å². The van der Waals surface area contributed by atoms with Crippen molar-refractivity contribution in [2.24, 2.45) is 5.73 Å². The molecule has 2 N–H and O–H groups in total. The Kier molecular flexibility index (Phi) is 3.66. The molecule has 3 unspecified atom stereocenters. The Morgan fingerprint density at radius 1 is 1.12 bits per heavy atom. The molecule has 98 valence electrons. The van der Waals surface area contributed by atoms with Crippen LogP contribution in [0.4, 0.5) is 0 Å². The van der Waals surface area contributed by atoms with E-state index < -0.39 is 0 Å². The van der Waals surface area contributed by atoms with Crippen molar-refractivity contribution >= 4 is 0 Å². The Morgan fingerprint density at radius 2 is 1.88 bits per heavy atom. The van der Waals surface area contributed by atoms with Gasteiger partial charge in [-0.2, -0.15) is 0 Å². The van der Waals surface area contributed by atoms with Crippen molar-refractivity contribution in [1.29, 1.82) is 0 Å². The summed E-state index contributed by atoms with van der Waals surface area (Å²) in [6, 6.07) is 1.82. The summed E-state index contributed by atoms with van der Waals surface area (Å²) in [5.41, 5.74) is 6.14. The van der Waals surface area contributed by atoms with Crippen LogP contribution in [0.5, 0.6) is 0 Å². The molecule has 4 nitrogen and oxygen atoms in total. The fourth-order valence-electron chi connectivity index (χ4n) is 3.70. The first-order valence-corrected chi connectivity index (χ1v) is 7.03. The van der Waals surface area contributed by atoms with Crippen LogP contribution in [0, 0.1) is 0 Å². The van der Waals surface area contributed by atoms with Gasteiger partial charge in [0.2, 0.25) is 0 Å². The number of nitrogens with zero attached hydrogens (tertiary/aromatic N) is 1. The Labute approximate surface area is 103 Å². The third-order valence-corrected chi connectivity index (χ3v) is 4.46. The van der Waals surface area contributed by atoms with E-state index >= 15 is 0 Å². The first-order valence-electron chi connectivity index (χ1n) is 7.03. The van der Waals surface area contributed by atoms with E-state index in [4.69, 9.17) is 15.2 Å². The highest BCUT2D eigenvalue weighted by Gasteiger charge is 2.38. The average molecular weight is 240 g/mol. The third kappa shape index (κ3) is 2.65. The molecule has 3 aliphatic heterocycles. The largest absolute Gasteiger partial charge is 0.376 e. The normalized spacial score (nSPS) is 43.6. The first kappa shape index (κ1) is 11.9. The zero-order valence-corrected chi connectivity index (χ0v) is 10.5. The molecule has 0 amide bonds. The van der Waals surface area contributed by atoms with Crippen molar-refractivity contribution < 1.29 is 9.47 Å². The summed E-state index contributed by atoms with van der Waals surface area (Å²) in [7, 11) is 0. The molecule has 0 aliphatic carbocycles.